The first-order valence-electron chi connectivity index (χ1n) is 6.63. The topological polar surface area (TPSA) is 84.4 Å². The molecule has 0 radical (unpaired) electrons. The molecule has 1 amide bonds. The van der Waals surface area contributed by atoms with Gasteiger partial charge in [0.1, 0.15) is 5.82 Å². The zero-order chi connectivity index (χ0) is 15.8. The average molecular weight is 288 g/mol. The van der Waals surface area contributed by atoms with Gasteiger partial charge in [-0.1, -0.05) is 12.1 Å². The molecule has 0 spiro atoms. The summed E-state index contributed by atoms with van der Waals surface area (Å²) in [7, 11) is 1.78. The van der Waals surface area contributed by atoms with E-state index in [9.17, 15) is 9.90 Å². The minimum absolute atomic E-state index is 0.511. The molecule has 112 valence electrons. The Hall–Kier alpha value is -2.50. The number of nitrogen functional groups attached to an aromatic ring is 1. The summed E-state index contributed by atoms with van der Waals surface area (Å²) in [6.07, 6.45) is -0.975. The van der Waals surface area contributed by atoms with Gasteiger partial charge in [-0.2, -0.15) is 5.10 Å². The van der Waals surface area contributed by atoms with Crippen molar-refractivity contribution in [3.05, 3.63) is 30.3 Å². The molecule has 0 atom stereocenters. The standard InChI is InChI=1S/C15H20N4O2/c1-15(2,3)19(14(20)21)11-7-5-10(6-8-11)12-9-13(16)18(4)17-12/h5-9H,16H2,1-4H3,(H,20,21). The van der Waals surface area contributed by atoms with Crippen LogP contribution in [-0.2, 0) is 7.05 Å². The molecule has 0 unspecified atom stereocenters. The van der Waals surface area contributed by atoms with E-state index in [-0.39, 0.29) is 0 Å². The van der Waals surface area contributed by atoms with Gasteiger partial charge in [0.2, 0.25) is 0 Å². The van der Waals surface area contributed by atoms with Gasteiger partial charge in [-0.15, -0.1) is 0 Å². The summed E-state index contributed by atoms with van der Waals surface area (Å²) in [5, 5.41) is 13.7. The Morgan fingerprint density at radius 2 is 1.86 bits per heavy atom. The molecule has 0 saturated heterocycles. The van der Waals surface area contributed by atoms with Crippen LogP contribution < -0.4 is 10.6 Å². The van der Waals surface area contributed by atoms with Gasteiger partial charge in [-0.05, 0) is 32.9 Å². The Bertz CT molecular complexity index is 634. The van der Waals surface area contributed by atoms with Crippen LogP contribution in [0.4, 0.5) is 16.3 Å². The van der Waals surface area contributed by atoms with E-state index in [1.807, 2.05) is 32.9 Å². The van der Waals surface area contributed by atoms with Gasteiger partial charge in [0.15, 0.2) is 0 Å². The van der Waals surface area contributed by atoms with Gasteiger partial charge in [-0.3, -0.25) is 9.58 Å². The highest BCUT2D eigenvalue weighted by Crippen LogP contribution is 2.27. The minimum Gasteiger partial charge on any atom is -0.465 e. The highest BCUT2D eigenvalue weighted by Gasteiger charge is 2.27. The molecular formula is C15H20N4O2. The predicted octanol–water partition coefficient (Wildman–Crippen LogP) is 2.95. The van der Waals surface area contributed by atoms with Crippen molar-refractivity contribution in [3.63, 3.8) is 0 Å². The number of aromatic nitrogens is 2. The van der Waals surface area contributed by atoms with Crippen molar-refractivity contribution in [2.75, 3.05) is 10.6 Å². The summed E-state index contributed by atoms with van der Waals surface area (Å²) in [6, 6.07) is 9.03. The highest BCUT2D eigenvalue weighted by atomic mass is 16.4. The fraction of sp³-hybridized carbons (Fsp3) is 0.333. The monoisotopic (exact) mass is 288 g/mol. The Morgan fingerprint density at radius 1 is 1.29 bits per heavy atom. The normalized spacial score (nSPS) is 11.4. The van der Waals surface area contributed by atoms with Gasteiger partial charge in [0, 0.05) is 29.9 Å². The summed E-state index contributed by atoms with van der Waals surface area (Å²) < 4.78 is 1.60. The molecule has 2 aromatic rings. The number of rotatable bonds is 2. The first-order valence-corrected chi connectivity index (χ1v) is 6.63. The third kappa shape index (κ3) is 2.99. The summed E-state index contributed by atoms with van der Waals surface area (Å²) in [4.78, 5) is 12.8. The minimum atomic E-state index is -0.975. The van der Waals surface area contributed by atoms with Crippen molar-refractivity contribution in [3.8, 4) is 11.3 Å². The number of nitrogens with zero attached hydrogens (tertiary/aromatic N) is 3. The Morgan fingerprint density at radius 3 is 2.24 bits per heavy atom. The molecule has 0 bridgehead atoms. The van der Waals surface area contributed by atoms with E-state index >= 15 is 0 Å². The number of carboxylic acid groups (broad SMARTS) is 1. The molecule has 0 fully saturated rings. The second-order valence-electron chi connectivity index (χ2n) is 5.91. The molecule has 2 rings (SSSR count). The van der Waals surface area contributed by atoms with E-state index in [4.69, 9.17) is 5.73 Å². The Kier molecular flexibility index (Phi) is 3.63. The average Bonchev–Trinajstić information content (AvgIpc) is 2.68. The van der Waals surface area contributed by atoms with Gasteiger partial charge >= 0.3 is 6.09 Å². The quantitative estimate of drug-likeness (QED) is 0.889. The Balaban J connectivity index is 2.36. The smallest absolute Gasteiger partial charge is 0.412 e. The van der Waals surface area contributed by atoms with E-state index < -0.39 is 11.6 Å². The molecule has 21 heavy (non-hydrogen) atoms. The molecule has 6 nitrogen and oxygen atoms in total. The number of benzene rings is 1. The largest absolute Gasteiger partial charge is 0.465 e. The maximum Gasteiger partial charge on any atom is 0.412 e. The molecule has 1 aromatic carbocycles. The zero-order valence-corrected chi connectivity index (χ0v) is 12.7. The van der Waals surface area contributed by atoms with Crippen LogP contribution in [-0.4, -0.2) is 26.5 Å². The van der Waals surface area contributed by atoms with Crippen molar-refractivity contribution < 1.29 is 9.90 Å². The van der Waals surface area contributed by atoms with E-state index in [1.54, 1.807) is 29.9 Å². The van der Waals surface area contributed by atoms with Crippen LogP contribution in [0.25, 0.3) is 11.3 Å². The highest BCUT2D eigenvalue weighted by molar-refractivity contribution is 5.88. The number of hydrogen-bond donors (Lipinski definition) is 2. The number of hydrogen-bond acceptors (Lipinski definition) is 3. The molecule has 1 aromatic heterocycles. The summed E-state index contributed by atoms with van der Waals surface area (Å²) in [5.41, 5.74) is 7.54. The van der Waals surface area contributed by atoms with Gasteiger partial charge in [0.05, 0.1) is 5.69 Å². The van der Waals surface area contributed by atoms with Crippen molar-refractivity contribution >= 4 is 17.6 Å². The lowest BCUT2D eigenvalue weighted by atomic mass is 10.0. The number of amides is 1. The van der Waals surface area contributed by atoms with Crippen LogP contribution in [0.5, 0.6) is 0 Å². The van der Waals surface area contributed by atoms with Crippen LogP contribution in [0.1, 0.15) is 20.8 Å². The lowest BCUT2D eigenvalue weighted by molar-refractivity contribution is 0.195. The lowest BCUT2D eigenvalue weighted by Crippen LogP contribution is -2.45. The van der Waals surface area contributed by atoms with Crippen molar-refractivity contribution in [1.82, 2.24) is 9.78 Å². The van der Waals surface area contributed by atoms with Crippen molar-refractivity contribution in [2.24, 2.45) is 7.05 Å². The predicted molar refractivity (Wildman–Crippen MR) is 83.3 cm³/mol. The molecule has 0 aliphatic carbocycles. The van der Waals surface area contributed by atoms with Crippen LogP contribution in [0.15, 0.2) is 30.3 Å². The van der Waals surface area contributed by atoms with Gasteiger partial charge in [0.25, 0.3) is 0 Å². The fourth-order valence-electron chi connectivity index (χ4n) is 2.19. The SMILES string of the molecule is Cn1nc(-c2ccc(N(C(=O)O)C(C)(C)C)cc2)cc1N. The zero-order valence-electron chi connectivity index (χ0n) is 12.7. The second kappa shape index (κ2) is 5.12. The van der Waals surface area contributed by atoms with E-state index in [1.165, 1.54) is 4.90 Å². The molecule has 0 saturated carbocycles. The second-order valence-corrected chi connectivity index (χ2v) is 5.91. The fourth-order valence-corrected chi connectivity index (χ4v) is 2.19. The van der Waals surface area contributed by atoms with E-state index in [0.29, 0.717) is 11.5 Å². The van der Waals surface area contributed by atoms with Crippen LogP contribution in [0.3, 0.4) is 0 Å². The molecule has 3 N–H and O–H groups in total. The van der Waals surface area contributed by atoms with Crippen molar-refractivity contribution in [2.45, 2.75) is 26.3 Å². The number of anilines is 2. The molecular weight excluding hydrogens is 268 g/mol. The summed E-state index contributed by atoms with van der Waals surface area (Å²) in [6.45, 7) is 5.57. The third-order valence-corrected chi connectivity index (χ3v) is 3.20. The first-order chi connectivity index (χ1) is 9.70. The van der Waals surface area contributed by atoms with E-state index in [2.05, 4.69) is 5.10 Å². The lowest BCUT2D eigenvalue weighted by Gasteiger charge is -2.33. The Labute approximate surface area is 123 Å². The van der Waals surface area contributed by atoms with Gasteiger partial charge in [-0.25, -0.2) is 4.79 Å². The van der Waals surface area contributed by atoms with Crippen LogP contribution >= 0.6 is 0 Å². The van der Waals surface area contributed by atoms with Crippen LogP contribution in [0, 0.1) is 0 Å². The summed E-state index contributed by atoms with van der Waals surface area (Å²) >= 11 is 0. The summed E-state index contributed by atoms with van der Waals surface area (Å²) in [5.74, 6) is 0.580. The maximum absolute atomic E-state index is 11.4. The molecule has 0 aliphatic heterocycles. The maximum atomic E-state index is 11.4. The molecule has 1 heterocycles. The number of nitrogens with two attached hydrogens (primary N) is 1. The molecule has 6 heteroatoms. The number of carbonyl (C=O) groups is 1. The third-order valence-electron chi connectivity index (χ3n) is 3.20. The van der Waals surface area contributed by atoms with E-state index in [0.717, 1.165) is 11.3 Å². The first kappa shape index (κ1) is 14.9. The number of aryl methyl sites for hydroxylation is 1. The van der Waals surface area contributed by atoms with Gasteiger partial charge < -0.3 is 10.8 Å². The van der Waals surface area contributed by atoms with Crippen molar-refractivity contribution in [1.29, 1.82) is 0 Å². The molecule has 0 aliphatic rings. The van der Waals surface area contributed by atoms with Crippen LogP contribution in [0.2, 0.25) is 0 Å².